The number of fused-ring (bicyclic) bond motifs is 1. The lowest BCUT2D eigenvalue weighted by atomic mass is 10.2. The Labute approximate surface area is 168 Å². The number of benzene rings is 2. The zero-order valence-corrected chi connectivity index (χ0v) is 15.3. The van der Waals surface area contributed by atoms with Crippen molar-refractivity contribution in [2.45, 2.75) is 6.54 Å². The van der Waals surface area contributed by atoms with Crippen molar-refractivity contribution < 1.29 is 18.7 Å². The van der Waals surface area contributed by atoms with Crippen molar-refractivity contribution in [2.24, 2.45) is 0 Å². The van der Waals surface area contributed by atoms with Crippen LogP contribution in [-0.4, -0.2) is 30.9 Å². The molecule has 0 bridgehead atoms. The fraction of sp³-hybridized carbons (Fsp3) is 0.0526. The van der Waals surface area contributed by atoms with Crippen molar-refractivity contribution in [3.8, 4) is 11.5 Å². The smallest absolute Gasteiger partial charge is 0.409 e. The Morgan fingerprint density at radius 1 is 1.10 bits per heavy atom. The molecule has 9 nitrogen and oxygen atoms in total. The largest absolute Gasteiger partial charge is 0.465 e. The van der Waals surface area contributed by atoms with Crippen LogP contribution in [0.4, 0.5) is 30.9 Å². The summed E-state index contributed by atoms with van der Waals surface area (Å²) in [5.74, 6) is -1.29. The van der Waals surface area contributed by atoms with Gasteiger partial charge < -0.3 is 16.6 Å². The number of carboxylic acid groups (broad SMARTS) is 1. The molecular weight excluding hydrogens is 396 g/mol. The fourth-order valence-corrected chi connectivity index (χ4v) is 3.06. The van der Waals surface area contributed by atoms with Crippen LogP contribution in [0.3, 0.4) is 0 Å². The summed E-state index contributed by atoms with van der Waals surface area (Å²) < 4.78 is 29.4. The number of hydrogen-bond acceptors (Lipinski definition) is 6. The number of nitrogens with zero attached hydrogens (tertiary/aromatic N) is 4. The second kappa shape index (κ2) is 7.28. The van der Waals surface area contributed by atoms with Crippen LogP contribution in [0.5, 0.6) is 0 Å². The summed E-state index contributed by atoms with van der Waals surface area (Å²) in [4.78, 5) is 19.0. The van der Waals surface area contributed by atoms with E-state index in [1.165, 1.54) is 28.9 Å². The molecule has 30 heavy (non-hydrogen) atoms. The lowest BCUT2D eigenvalue weighted by molar-refractivity contribution is 0.209. The number of nitrogens with one attached hydrogen (secondary N) is 1. The lowest BCUT2D eigenvalue weighted by Gasteiger charge is -2.08. The molecule has 2 heterocycles. The van der Waals surface area contributed by atoms with E-state index in [2.05, 4.69) is 15.1 Å². The molecule has 0 radical (unpaired) electrons. The number of nitrogen functional groups attached to an aromatic ring is 2. The first-order chi connectivity index (χ1) is 14.3. The van der Waals surface area contributed by atoms with Gasteiger partial charge in [-0.15, -0.1) is 0 Å². The van der Waals surface area contributed by atoms with Crippen molar-refractivity contribution in [3.63, 3.8) is 0 Å². The molecule has 0 atom stereocenters. The van der Waals surface area contributed by atoms with Crippen molar-refractivity contribution in [3.05, 3.63) is 59.7 Å². The highest BCUT2D eigenvalue weighted by molar-refractivity contribution is 5.95. The third kappa shape index (κ3) is 3.43. The first-order valence-electron chi connectivity index (χ1n) is 8.66. The van der Waals surface area contributed by atoms with Gasteiger partial charge in [0.1, 0.15) is 23.0 Å². The standard InChI is InChI=1S/C19H15F2N7O2/c20-10-5-6-11-13(7-10)28(8-9-3-1-2-4-12(9)21)27-14(11)18-25-16(22)15(17(23)26-18)24-19(29)30/h1-7,24H,8H2,(H,29,30)(H4,22,23,25,26). The number of amides is 1. The second-order valence-corrected chi connectivity index (χ2v) is 6.38. The minimum atomic E-state index is -1.38. The maximum absolute atomic E-state index is 14.1. The molecule has 0 saturated heterocycles. The summed E-state index contributed by atoms with van der Waals surface area (Å²) in [7, 11) is 0. The van der Waals surface area contributed by atoms with Crippen LogP contribution in [0.25, 0.3) is 22.4 Å². The van der Waals surface area contributed by atoms with Crippen LogP contribution in [0, 0.1) is 11.6 Å². The molecular formula is C19H15F2N7O2. The normalized spacial score (nSPS) is 11.0. The Balaban J connectivity index is 1.86. The second-order valence-electron chi connectivity index (χ2n) is 6.38. The zero-order chi connectivity index (χ0) is 21.4. The van der Waals surface area contributed by atoms with Gasteiger partial charge in [-0.05, 0) is 24.3 Å². The number of carbonyl (C=O) groups is 1. The number of rotatable bonds is 4. The van der Waals surface area contributed by atoms with Gasteiger partial charge in [0.15, 0.2) is 17.5 Å². The zero-order valence-electron chi connectivity index (χ0n) is 15.3. The van der Waals surface area contributed by atoms with Crippen LogP contribution in [-0.2, 0) is 6.54 Å². The lowest BCUT2D eigenvalue weighted by Crippen LogP contribution is -2.14. The number of nitrogens with two attached hydrogens (primary N) is 2. The molecule has 4 aromatic rings. The summed E-state index contributed by atoms with van der Waals surface area (Å²) >= 11 is 0. The number of halogens is 2. The first kappa shape index (κ1) is 19.1. The molecule has 0 saturated carbocycles. The molecule has 0 spiro atoms. The van der Waals surface area contributed by atoms with Crippen molar-refractivity contribution >= 4 is 34.3 Å². The summed E-state index contributed by atoms with van der Waals surface area (Å²) in [5, 5.41) is 15.8. The predicted molar refractivity (Wildman–Crippen MR) is 107 cm³/mol. The van der Waals surface area contributed by atoms with E-state index in [9.17, 15) is 13.6 Å². The third-order valence-corrected chi connectivity index (χ3v) is 4.40. The predicted octanol–water partition coefficient (Wildman–Crippen LogP) is 3.07. The molecule has 0 aliphatic rings. The third-order valence-electron chi connectivity index (χ3n) is 4.40. The van der Waals surface area contributed by atoms with Crippen LogP contribution in [0.2, 0.25) is 0 Å². The van der Waals surface area contributed by atoms with Crippen molar-refractivity contribution in [2.75, 3.05) is 16.8 Å². The maximum atomic E-state index is 14.1. The number of aromatic nitrogens is 4. The van der Waals surface area contributed by atoms with E-state index in [-0.39, 0.29) is 35.4 Å². The Morgan fingerprint density at radius 3 is 2.47 bits per heavy atom. The molecule has 0 aliphatic heterocycles. The van der Waals surface area contributed by atoms with Gasteiger partial charge >= 0.3 is 6.09 Å². The Kier molecular flexibility index (Phi) is 4.62. The van der Waals surface area contributed by atoms with Crippen LogP contribution in [0.1, 0.15) is 5.56 Å². The molecule has 152 valence electrons. The molecule has 0 aliphatic carbocycles. The molecule has 1 amide bonds. The van der Waals surface area contributed by atoms with E-state index < -0.39 is 17.7 Å². The molecule has 2 aromatic carbocycles. The van der Waals surface area contributed by atoms with Gasteiger partial charge in [0, 0.05) is 10.9 Å². The monoisotopic (exact) mass is 411 g/mol. The van der Waals surface area contributed by atoms with E-state index in [0.717, 1.165) is 0 Å². The highest BCUT2D eigenvalue weighted by Crippen LogP contribution is 2.31. The summed E-state index contributed by atoms with van der Waals surface area (Å²) in [6.45, 7) is 0.0379. The summed E-state index contributed by atoms with van der Waals surface area (Å²) in [6, 6.07) is 10.2. The fourth-order valence-electron chi connectivity index (χ4n) is 3.06. The number of anilines is 3. The van der Waals surface area contributed by atoms with Gasteiger partial charge in [-0.2, -0.15) is 5.10 Å². The Hall–Kier alpha value is -4.28. The minimum Gasteiger partial charge on any atom is -0.465 e. The molecule has 2 aromatic heterocycles. The average Bonchev–Trinajstić information content (AvgIpc) is 3.04. The van der Waals surface area contributed by atoms with E-state index in [0.29, 0.717) is 16.5 Å². The topological polar surface area (TPSA) is 145 Å². The van der Waals surface area contributed by atoms with Gasteiger partial charge in [-0.1, -0.05) is 18.2 Å². The summed E-state index contributed by atoms with van der Waals surface area (Å²) in [6.07, 6.45) is -1.38. The molecule has 6 N–H and O–H groups in total. The van der Waals surface area contributed by atoms with E-state index in [4.69, 9.17) is 16.6 Å². The van der Waals surface area contributed by atoms with Gasteiger partial charge in [0.2, 0.25) is 0 Å². The summed E-state index contributed by atoms with van der Waals surface area (Å²) in [5.41, 5.74) is 12.5. The van der Waals surface area contributed by atoms with E-state index in [1.54, 1.807) is 18.2 Å². The average molecular weight is 411 g/mol. The highest BCUT2D eigenvalue weighted by atomic mass is 19.1. The highest BCUT2D eigenvalue weighted by Gasteiger charge is 2.20. The molecule has 11 heteroatoms. The van der Waals surface area contributed by atoms with E-state index >= 15 is 0 Å². The Morgan fingerprint density at radius 2 is 1.80 bits per heavy atom. The molecule has 0 unspecified atom stereocenters. The van der Waals surface area contributed by atoms with Crippen LogP contribution >= 0.6 is 0 Å². The number of hydrogen-bond donors (Lipinski definition) is 4. The quantitative estimate of drug-likeness (QED) is 0.404. The first-order valence-corrected chi connectivity index (χ1v) is 8.66. The van der Waals surface area contributed by atoms with Gasteiger partial charge in [-0.25, -0.2) is 23.5 Å². The molecule has 0 fully saturated rings. The van der Waals surface area contributed by atoms with Crippen LogP contribution < -0.4 is 16.8 Å². The molecule has 4 rings (SSSR count). The SMILES string of the molecule is Nc1nc(-c2nn(Cc3ccccc3F)c3cc(F)ccc23)nc(N)c1NC(=O)O. The maximum Gasteiger partial charge on any atom is 0.409 e. The van der Waals surface area contributed by atoms with E-state index in [1.807, 2.05) is 5.32 Å². The van der Waals surface area contributed by atoms with Gasteiger partial charge in [0.25, 0.3) is 0 Å². The van der Waals surface area contributed by atoms with Crippen LogP contribution in [0.15, 0.2) is 42.5 Å². The van der Waals surface area contributed by atoms with Gasteiger partial charge in [0.05, 0.1) is 12.1 Å². The van der Waals surface area contributed by atoms with Crippen molar-refractivity contribution in [1.82, 2.24) is 19.7 Å². The minimum absolute atomic E-state index is 0.0184. The Bertz CT molecular complexity index is 1270. The van der Waals surface area contributed by atoms with Crippen molar-refractivity contribution in [1.29, 1.82) is 0 Å². The van der Waals surface area contributed by atoms with Gasteiger partial charge in [-0.3, -0.25) is 10.00 Å².